The summed E-state index contributed by atoms with van der Waals surface area (Å²) in [5.41, 5.74) is 1.78. The van der Waals surface area contributed by atoms with Gasteiger partial charge in [0.15, 0.2) is 0 Å². The number of carbonyl (C=O) groups is 2. The number of aryl methyl sites for hydroxylation is 1. The van der Waals surface area contributed by atoms with Crippen LogP contribution in [0.3, 0.4) is 0 Å². The zero-order valence-corrected chi connectivity index (χ0v) is 19.5. The largest absolute Gasteiger partial charge is 0.356 e. The van der Waals surface area contributed by atoms with Crippen molar-refractivity contribution < 1.29 is 18.0 Å². The summed E-state index contributed by atoms with van der Waals surface area (Å²) in [6, 6.07) is 6.61. The van der Waals surface area contributed by atoms with Crippen LogP contribution in [0.5, 0.6) is 0 Å². The quantitative estimate of drug-likeness (QED) is 0.688. The van der Waals surface area contributed by atoms with Gasteiger partial charge in [-0.1, -0.05) is 11.6 Å². The van der Waals surface area contributed by atoms with E-state index in [-0.39, 0.29) is 28.9 Å². The molecule has 0 aliphatic carbocycles. The first kappa shape index (κ1) is 22.8. The summed E-state index contributed by atoms with van der Waals surface area (Å²) in [4.78, 5) is 30.0. The molecule has 4 rings (SSSR count). The lowest BCUT2D eigenvalue weighted by Crippen LogP contribution is -2.43. The monoisotopic (exact) mass is 478 g/mol. The van der Waals surface area contributed by atoms with Crippen LogP contribution in [0.4, 0.5) is 5.69 Å². The molecule has 2 amide bonds. The average molecular weight is 479 g/mol. The summed E-state index contributed by atoms with van der Waals surface area (Å²) >= 11 is 5.98. The third kappa shape index (κ3) is 4.69. The van der Waals surface area contributed by atoms with Crippen LogP contribution >= 0.6 is 11.6 Å². The smallest absolute Gasteiger partial charge is 0.270 e. The lowest BCUT2D eigenvalue weighted by Gasteiger charge is -2.31. The predicted octanol–water partition coefficient (Wildman–Crippen LogP) is 3.25. The maximum atomic E-state index is 13.2. The molecule has 2 aromatic rings. The van der Waals surface area contributed by atoms with Crippen molar-refractivity contribution in [1.29, 1.82) is 0 Å². The van der Waals surface area contributed by atoms with Crippen molar-refractivity contribution >= 4 is 39.1 Å². The predicted molar refractivity (Wildman–Crippen MR) is 122 cm³/mol. The Morgan fingerprint density at radius 2 is 1.88 bits per heavy atom. The van der Waals surface area contributed by atoms with Crippen molar-refractivity contribution in [2.75, 3.05) is 31.5 Å². The minimum atomic E-state index is -3.82. The molecule has 0 saturated carbocycles. The normalized spacial score (nSPS) is 19.8. The van der Waals surface area contributed by atoms with Gasteiger partial charge < -0.3 is 15.2 Å². The molecule has 32 heavy (non-hydrogen) atoms. The molecule has 2 N–H and O–H groups in total. The number of hydrogen-bond acceptors (Lipinski definition) is 4. The maximum absolute atomic E-state index is 13.2. The fraction of sp³-hybridized carbons (Fsp3) is 0.455. The molecule has 2 aliphatic heterocycles. The summed E-state index contributed by atoms with van der Waals surface area (Å²) in [5, 5.41) is 3.48. The Hall–Kier alpha value is -2.36. The highest BCUT2D eigenvalue weighted by atomic mass is 35.5. The topological polar surface area (TPSA) is 103 Å². The van der Waals surface area contributed by atoms with Crippen molar-refractivity contribution in [3.8, 4) is 0 Å². The van der Waals surface area contributed by atoms with E-state index in [2.05, 4.69) is 10.3 Å². The summed E-state index contributed by atoms with van der Waals surface area (Å²) < 4.78 is 27.7. The van der Waals surface area contributed by atoms with E-state index in [9.17, 15) is 18.0 Å². The molecule has 2 aliphatic rings. The zero-order chi connectivity index (χ0) is 22.9. The summed E-state index contributed by atoms with van der Waals surface area (Å²) in [7, 11) is -3.82. The van der Waals surface area contributed by atoms with E-state index >= 15 is 0 Å². The van der Waals surface area contributed by atoms with Gasteiger partial charge >= 0.3 is 0 Å². The lowest BCUT2D eigenvalue weighted by atomic mass is 9.98. The first-order valence-electron chi connectivity index (χ1n) is 10.8. The summed E-state index contributed by atoms with van der Waals surface area (Å²) in [6.45, 7) is 3.67. The number of H-pyrrole nitrogens is 1. The number of halogens is 1. The number of nitrogens with one attached hydrogen (secondary N) is 2. The molecule has 0 unspecified atom stereocenters. The molecule has 0 radical (unpaired) electrons. The highest BCUT2D eigenvalue weighted by Crippen LogP contribution is 2.27. The molecule has 8 nitrogen and oxygen atoms in total. The van der Waals surface area contributed by atoms with E-state index in [4.69, 9.17) is 11.6 Å². The van der Waals surface area contributed by atoms with Crippen molar-refractivity contribution in [2.24, 2.45) is 5.92 Å². The van der Waals surface area contributed by atoms with Crippen LogP contribution in [0.15, 0.2) is 35.4 Å². The molecule has 2 saturated heterocycles. The van der Waals surface area contributed by atoms with E-state index < -0.39 is 15.9 Å². The Balaban J connectivity index is 1.45. The number of aromatic nitrogens is 1. The van der Waals surface area contributed by atoms with Crippen molar-refractivity contribution in [1.82, 2.24) is 14.2 Å². The summed E-state index contributed by atoms with van der Waals surface area (Å²) in [5.74, 6) is -0.856. The second kappa shape index (κ2) is 9.25. The molecule has 0 spiro atoms. The minimum absolute atomic E-state index is 0.0506. The van der Waals surface area contributed by atoms with Gasteiger partial charge in [0.25, 0.3) is 5.91 Å². The number of rotatable bonds is 5. The molecule has 2 fully saturated rings. The average Bonchev–Trinajstić information content (AvgIpc) is 3.48. The van der Waals surface area contributed by atoms with E-state index in [0.717, 1.165) is 18.4 Å². The second-order valence-electron chi connectivity index (χ2n) is 8.40. The minimum Gasteiger partial charge on any atom is -0.356 e. The number of benzene rings is 1. The number of carbonyl (C=O) groups excluding carboxylic acids is 2. The number of nitrogens with zero attached hydrogens (tertiary/aromatic N) is 2. The highest BCUT2D eigenvalue weighted by molar-refractivity contribution is 7.89. The van der Waals surface area contributed by atoms with Crippen molar-refractivity contribution in [3.05, 3.63) is 46.7 Å². The molecule has 1 aromatic carbocycles. The van der Waals surface area contributed by atoms with Gasteiger partial charge in [-0.2, -0.15) is 4.31 Å². The van der Waals surface area contributed by atoms with Crippen LogP contribution in [0.1, 0.15) is 41.7 Å². The van der Waals surface area contributed by atoms with Gasteiger partial charge in [-0.25, -0.2) is 8.42 Å². The Kier molecular flexibility index (Phi) is 6.60. The van der Waals surface area contributed by atoms with Crippen molar-refractivity contribution in [2.45, 2.75) is 37.5 Å². The Labute approximate surface area is 193 Å². The van der Waals surface area contributed by atoms with Crippen LogP contribution in [-0.4, -0.2) is 60.6 Å². The molecule has 0 bridgehead atoms. The zero-order valence-electron chi connectivity index (χ0n) is 17.9. The third-order valence-corrected chi connectivity index (χ3v) is 8.20. The molecule has 1 atom stereocenters. The Morgan fingerprint density at radius 3 is 2.59 bits per heavy atom. The second-order valence-corrected chi connectivity index (χ2v) is 10.8. The van der Waals surface area contributed by atoms with Gasteiger partial charge in [-0.15, -0.1) is 0 Å². The first-order chi connectivity index (χ1) is 15.3. The van der Waals surface area contributed by atoms with Gasteiger partial charge in [0.05, 0.1) is 5.92 Å². The van der Waals surface area contributed by atoms with Crippen LogP contribution in [0.25, 0.3) is 0 Å². The number of amides is 2. The van der Waals surface area contributed by atoms with Gasteiger partial charge in [-0.3, -0.25) is 9.59 Å². The SMILES string of the molecule is Cc1cc(Cl)ccc1NC(=O)[C@H]1CCCN(S(=O)(=O)c2c[nH]c(C(=O)N3CCCC3)c2)C1. The summed E-state index contributed by atoms with van der Waals surface area (Å²) in [6.07, 6.45) is 4.48. The van der Waals surface area contributed by atoms with E-state index in [1.54, 1.807) is 23.1 Å². The van der Waals surface area contributed by atoms with Crippen LogP contribution < -0.4 is 5.32 Å². The maximum Gasteiger partial charge on any atom is 0.270 e. The van der Waals surface area contributed by atoms with Crippen molar-refractivity contribution in [3.63, 3.8) is 0 Å². The van der Waals surface area contributed by atoms with Crippen LogP contribution in [0, 0.1) is 12.8 Å². The molecular weight excluding hydrogens is 452 g/mol. The molecule has 10 heteroatoms. The molecule has 1 aromatic heterocycles. The van der Waals surface area contributed by atoms with E-state index in [0.29, 0.717) is 43.2 Å². The highest BCUT2D eigenvalue weighted by Gasteiger charge is 2.34. The number of piperidine rings is 1. The molecule has 172 valence electrons. The van der Waals surface area contributed by atoms with Crippen LogP contribution in [0.2, 0.25) is 5.02 Å². The molecule has 3 heterocycles. The fourth-order valence-corrected chi connectivity index (χ4v) is 6.01. The number of likely N-dealkylation sites (tertiary alicyclic amines) is 1. The third-order valence-electron chi connectivity index (χ3n) is 6.12. The fourth-order valence-electron chi connectivity index (χ4n) is 4.26. The molecular formula is C22H27ClN4O4S. The van der Waals surface area contributed by atoms with E-state index in [1.165, 1.54) is 16.6 Å². The Morgan fingerprint density at radius 1 is 1.12 bits per heavy atom. The lowest BCUT2D eigenvalue weighted by molar-refractivity contribution is -0.120. The standard InChI is InChI=1S/C22H27ClN4O4S/c1-15-11-17(23)6-7-19(15)25-21(28)16-5-4-10-27(14-16)32(30,31)18-12-20(24-13-18)22(29)26-8-2-3-9-26/h6-7,11-13,16,24H,2-5,8-10,14H2,1H3,(H,25,28)/t16-/m0/s1. The van der Waals surface area contributed by atoms with Crippen LogP contribution in [-0.2, 0) is 14.8 Å². The van der Waals surface area contributed by atoms with Gasteiger partial charge in [0, 0.05) is 43.1 Å². The number of hydrogen-bond donors (Lipinski definition) is 2. The number of sulfonamides is 1. The van der Waals surface area contributed by atoms with Gasteiger partial charge in [0.1, 0.15) is 10.6 Å². The van der Waals surface area contributed by atoms with E-state index in [1.807, 2.05) is 6.92 Å². The Bertz CT molecular complexity index is 1120. The number of anilines is 1. The van der Waals surface area contributed by atoms with Gasteiger partial charge in [0.2, 0.25) is 15.9 Å². The first-order valence-corrected chi connectivity index (χ1v) is 12.6. The van der Waals surface area contributed by atoms with Gasteiger partial charge in [-0.05, 0) is 62.4 Å². The number of aromatic amines is 1.